The second-order valence-electron chi connectivity index (χ2n) is 4.32. The summed E-state index contributed by atoms with van der Waals surface area (Å²) in [5, 5.41) is 0. The molecule has 88 valence electrons. The molecule has 2 heteroatoms. The average molecular weight is 337 g/mol. The Morgan fingerprint density at radius 2 is 1.88 bits per heavy atom. The first-order valence-corrected chi connectivity index (χ1v) is 6.80. The summed E-state index contributed by atoms with van der Waals surface area (Å²) in [5.41, 5.74) is 10.1. The number of hydrogen-bond donors (Lipinski definition) is 1. The Kier molecular flexibility index (Phi) is 4.18. The Morgan fingerprint density at radius 1 is 1.12 bits per heavy atom. The van der Waals surface area contributed by atoms with Gasteiger partial charge in [0, 0.05) is 9.61 Å². The van der Waals surface area contributed by atoms with Crippen LogP contribution in [0.3, 0.4) is 0 Å². The molecule has 0 saturated heterocycles. The number of nitrogens with two attached hydrogens (primary N) is 1. The maximum atomic E-state index is 6.27. The van der Waals surface area contributed by atoms with Crippen LogP contribution in [0.2, 0.25) is 0 Å². The lowest BCUT2D eigenvalue weighted by molar-refractivity contribution is 0.717. The zero-order valence-corrected chi connectivity index (χ0v) is 12.0. The van der Waals surface area contributed by atoms with Crippen LogP contribution < -0.4 is 5.73 Å². The van der Waals surface area contributed by atoms with Crippen molar-refractivity contribution >= 4 is 22.6 Å². The van der Waals surface area contributed by atoms with Crippen molar-refractivity contribution in [2.24, 2.45) is 5.73 Å². The normalized spacial score (nSPS) is 12.4. The van der Waals surface area contributed by atoms with Gasteiger partial charge in [0.15, 0.2) is 0 Å². The summed E-state index contributed by atoms with van der Waals surface area (Å²) >= 11 is 2.35. The molecule has 2 N–H and O–H groups in total. The third-order valence-corrected chi connectivity index (χ3v) is 3.83. The van der Waals surface area contributed by atoms with Crippen LogP contribution in [0.4, 0.5) is 0 Å². The summed E-state index contributed by atoms with van der Waals surface area (Å²) < 4.78 is 1.24. The van der Waals surface area contributed by atoms with Crippen LogP contribution in [0.1, 0.15) is 22.7 Å². The highest BCUT2D eigenvalue weighted by Gasteiger charge is 2.09. The van der Waals surface area contributed by atoms with Crippen molar-refractivity contribution in [3.63, 3.8) is 0 Å². The van der Waals surface area contributed by atoms with Crippen molar-refractivity contribution in [2.45, 2.75) is 19.4 Å². The molecule has 2 aromatic rings. The highest BCUT2D eigenvalue weighted by molar-refractivity contribution is 14.1. The molecule has 1 nitrogen and oxygen atoms in total. The lowest BCUT2D eigenvalue weighted by Crippen LogP contribution is -2.14. The number of benzene rings is 2. The van der Waals surface area contributed by atoms with Crippen LogP contribution in [0.15, 0.2) is 48.5 Å². The first-order valence-electron chi connectivity index (χ1n) is 5.72. The summed E-state index contributed by atoms with van der Waals surface area (Å²) in [5.74, 6) is 0. The van der Waals surface area contributed by atoms with E-state index in [9.17, 15) is 0 Å². The third-order valence-electron chi connectivity index (χ3n) is 2.84. The minimum atomic E-state index is 0.0740. The molecule has 0 aromatic heterocycles. The lowest BCUT2D eigenvalue weighted by atomic mass is 9.99. The highest BCUT2D eigenvalue weighted by atomic mass is 127. The molecule has 0 heterocycles. The largest absolute Gasteiger partial charge is 0.324 e. The second kappa shape index (κ2) is 5.65. The van der Waals surface area contributed by atoms with Gasteiger partial charge in [0.25, 0.3) is 0 Å². The molecule has 0 radical (unpaired) electrons. The Morgan fingerprint density at radius 3 is 2.59 bits per heavy atom. The quantitative estimate of drug-likeness (QED) is 0.846. The van der Waals surface area contributed by atoms with Crippen molar-refractivity contribution in [3.05, 3.63) is 68.8 Å². The molecular weight excluding hydrogens is 321 g/mol. The fraction of sp³-hybridized carbons (Fsp3) is 0.200. The van der Waals surface area contributed by atoms with E-state index in [4.69, 9.17) is 5.73 Å². The number of hydrogen-bond acceptors (Lipinski definition) is 1. The summed E-state index contributed by atoms with van der Waals surface area (Å²) in [7, 11) is 0. The van der Waals surface area contributed by atoms with E-state index >= 15 is 0 Å². The van der Waals surface area contributed by atoms with Crippen LogP contribution in [0.25, 0.3) is 0 Å². The molecule has 2 aromatic carbocycles. The molecule has 0 aliphatic heterocycles. The molecule has 2 rings (SSSR count). The van der Waals surface area contributed by atoms with Crippen LogP contribution in [0, 0.1) is 10.5 Å². The smallest absolute Gasteiger partial charge is 0.0346 e. The molecule has 1 unspecified atom stereocenters. The molecular formula is C15H16IN. The van der Waals surface area contributed by atoms with E-state index in [-0.39, 0.29) is 6.04 Å². The average Bonchev–Trinajstić information content (AvgIpc) is 2.29. The lowest BCUT2D eigenvalue weighted by Gasteiger charge is -2.14. The standard InChI is InChI=1S/C15H16IN/c1-11-5-4-6-12(9-11)10-15(17)13-7-2-3-8-14(13)16/h2-9,15H,10,17H2,1H3. The summed E-state index contributed by atoms with van der Waals surface area (Å²) in [6.45, 7) is 2.11. The number of aryl methyl sites for hydroxylation is 1. The molecule has 0 saturated carbocycles. The van der Waals surface area contributed by atoms with Gasteiger partial charge in [-0.3, -0.25) is 0 Å². The topological polar surface area (TPSA) is 26.0 Å². The van der Waals surface area contributed by atoms with E-state index in [0.29, 0.717) is 0 Å². The minimum Gasteiger partial charge on any atom is -0.324 e. The fourth-order valence-corrected chi connectivity index (χ4v) is 2.77. The van der Waals surface area contributed by atoms with Crippen molar-refractivity contribution in [2.75, 3.05) is 0 Å². The molecule has 0 amide bonds. The zero-order valence-electron chi connectivity index (χ0n) is 9.86. The van der Waals surface area contributed by atoms with E-state index in [0.717, 1.165) is 6.42 Å². The Hall–Kier alpha value is -0.870. The molecule has 1 atom stereocenters. The molecule has 0 aliphatic rings. The van der Waals surface area contributed by atoms with Gasteiger partial charge in [0.2, 0.25) is 0 Å². The van der Waals surface area contributed by atoms with E-state index in [1.165, 1.54) is 20.3 Å². The van der Waals surface area contributed by atoms with Gasteiger partial charge in [0.1, 0.15) is 0 Å². The van der Waals surface area contributed by atoms with Gasteiger partial charge < -0.3 is 5.73 Å². The Balaban J connectivity index is 2.17. The van der Waals surface area contributed by atoms with Crippen molar-refractivity contribution in [1.29, 1.82) is 0 Å². The molecule has 0 aliphatic carbocycles. The summed E-state index contributed by atoms with van der Waals surface area (Å²) in [4.78, 5) is 0. The molecule has 0 fully saturated rings. The first kappa shape index (κ1) is 12.6. The highest BCUT2D eigenvalue weighted by Crippen LogP contribution is 2.21. The maximum absolute atomic E-state index is 6.27. The first-order chi connectivity index (χ1) is 8.16. The van der Waals surface area contributed by atoms with Crippen LogP contribution in [0.5, 0.6) is 0 Å². The van der Waals surface area contributed by atoms with E-state index in [1.54, 1.807) is 0 Å². The monoisotopic (exact) mass is 337 g/mol. The van der Waals surface area contributed by atoms with Crippen LogP contribution >= 0.6 is 22.6 Å². The van der Waals surface area contributed by atoms with Gasteiger partial charge in [0.05, 0.1) is 0 Å². The zero-order chi connectivity index (χ0) is 12.3. The van der Waals surface area contributed by atoms with Crippen LogP contribution in [-0.2, 0) is 6.42 Å². The summed E-state index contributed by atoms with van der Waals surface area (Å²) in [6.07, 6.45) is 0.891. The van der Waals surface area contributed by atoms with Crippen molar-refractivity contribution in [3.8, 4) is 0 Å². The van der Waals surface area contributed by atoms with E-state index in [2.05, 4.69) is 65.9 Å². The van der Waals surface area contributed by atoms with Crippen LogP contribution in [-0.4, -0.2) is 0 Å². The third kappa shape index (κ3) is 3.30. The molecule has 17 heavy (non-hydrogen) atoms. The fourth-order valence-electron chi connectivity index (χ4n) is 1.98. The van der Waals surface area contributed by atoms with E-state index in [1.807, 2.05) is 12.1 Å². The number of halogens is 1. The molecule has 0 bridgehead atoms. The van der Waals surface area contributed by atoms with Gasteiger partial charge >= 0.3 is 0 Å². The molecule has 0 spiro atoms. The van der Waals surface area contributed by atoms with Gasteiger partial charge in [-0.05, 0) is 53.1 Å². The van der Waals surface area contributed by atoms with Gasteiger partial charge in [-0.25, -0.2) is 0 Å². The minimum absolute atomic E-state index is 0.0740. The maximum Gasteiger partial charge on any atom is 0.0346 e. The van der Waals surface area contributed by atoms with Gasteiger partial charge in [-0.1, -0.05) is 48.0 Å². The predicted octanol–water partition coefficient (Wildman–Crippen LogP) is 3.84. The van der Waals surface area contributed by atoms with Gasteiger partial charge in [-0.2, -0.15) is 0 Å². The van der Waals surface area contributed by atoms with Crippen molar-refractivity contribution in [1.82, 2.24) is 0 Å². The summed E-state index contributed by atoms with van der Waals surface area (Å²) in [6, 6.07) is 16.9. The number of rotatable bonds is 3. The van der Waals surface area contributed by atoms with E-state index < -0.39 is 0 Å². The Bertz CT molecular complexity index is 508. The van der Waals surface area contributed by atoms with Crippen molar-refractivity contribution < 1.29 is 0 Å². The van der Waals surface area contributed by atoms with Gasteiger partial charge in [-0.15, -0.1) is 0 Å². The Labute approximate surface area is 116 Å². The SMILES string of the molecule is Cc1cccc(CC(N)c2ccccc2I)c1. The predicted molar refractivity (Wildman–Crippen MR) is 81.0 cm³/mol. The second-order valence-corrected chi connectivity index (χ2v) is 5.48.